The van der Waals surface area contributed by atoms with Gasteiger partial charge in [0, 0.05) is 5.57 Å². The van der Waals surface area contributed by atoms with E-state index in [0.29, 0.717) is 5.57 Å². The second kappa shape index (κ2) is 8.33. The lowest BCUT2D eigenvalue weighted by Crippen LogP contribution is -2.25. The Balaban J connectivity index is 1.84. The van der Waals surface area contributed by atoms with Crippen molar-refractivity contribution in [3.05, 3.63) is 105 Å². The van der Waals surface area contributed by atoms with Crippen molar-refractivity contribution in [3.8, 4) is 5.75 Å². The third-order valence-corrected chi connectivity index (χ3v) is 5.78. The van der Waals surface area contributed by atoms with Crippen molar-refractivity contribution < 1.29 is 9.53 Å². The van der Waals surface area contributed by atoms with Gasteiger partial charge in [-0.1, -0.05) is 48.5 Å². The molecule has 4 rings (SSSR count). The summed E-state index contributed by atoms with van der Waals surface area (Å²) in [6.45, 7) is 4.08. The van der Waals surface area contributed by atoms with Gasteiger partial charge in [-0.2, -0.15) is 0 Å². The van der Waals surface area contributed by atoms with Crippen LogP contribution in [0.3, 0.4) is 0 Å². The van der Waals surface area contributed by atoms with E-state index in [1.165, 1.54) is 0 Å². The third kappa shape index (κ3) is 3.83. The summed E-state index contributed by atoms with van der Waals surface area (Å²) in [7, 11) is 1.63. The molecule has 150 valence electrons. The van der Waals surface area contributed by atoms with Crippen molar-refractivity contribution >= 4 is 39.3 Å². The van der Waals surface area contributed by atoms with Gasteiger partial charge in [-0.05, 0) is 82.4 Å². The summed E-state index contributed by atoms with van der Waals surface area (Å²) in [5, 5.41) is 0. The molecule has 1 aliphatic heterocycles. The van der Waals surface area contributed by atoms with Gasteiger partial charge >= 0.3 is 0 Å². The summed E-state index contributed by atoms with van der Waals surface area (Å²) in [4.78, 5) is 15.4. The Morgan fingerprint density at radius 2 is 1.73 bits per heavy atom. The number of anilines is 1. The van der Waals surface area contributed by atoms with Gasteiger partial charge in [0.2, 0.25) is 0 Å². The van der Waals surface area contributed by atoms with Gasteiger partial charge in [0.15, 0.2) is 0 Å². The summed E-state index contributed by atoms with van der Waals surface area (Å²) in [5.41, 5.74) is 6.55. The summed E-state index contributed by atoms with van der Waals surface area (Å²) in [6, 6.07) is 22.0. The second-order valence-corrected chi connectivity index (χ2v) is 8.17. The Morgan fingerprint density at radius 1 is 0.967 bits per heavy atom. The van der Waals surface area contributed by atoms with E-state index in [-0.39, 0.29) is 5.91 Å². The number of benzene rings is 3. The molecule has 0 N–H and O–H groups in total. The first-order valence-corrected chi connectivity index (χ1v) is 10.5. The highest BCUT2D eigenvalue weighted by molar-refractivity contribution is 9.10. The number of halogens is 1. The third-order valence-electron chi connectivity index (χ3n) is 5.16. The maximum absolute atomic E-state index is 13.5. The van der Waals surface area contributed by atoms with Crippen LogP contribution in [-0.4, -0.2) is 13.0 Å². The smallest absolute Gasteiger partial charge is 0.262 e. The van der Waals surface area contributed by atoms with Crippen molar-refractivity contribution in [2.75, 3.05) is 12.0 Å². The van der Waals surface area contributed by atoms with E-state index in [0.717, 1.165) is 43.9 Å². The molecule has 3 nitrogen and oxygen atoms in total. The van der Waals surface area contributed by atoms with Crippen LogP contribution in [0.2, 0.25) is 0 Å². The van der Waals surface area contributed by atoms with Crippen LogP contribution in [0.1, 0.15) is 22.3 Å². The minimum absolute atomic E-state index is 0.0329. The van der Waals surface area contributed by atoms with Crippen molar-refractivity contribution in [1.82, 2.24) is 0 Å². The van der Waals surface area contributed by atoms with Crippen LogP contribution in [0.5, 0.6) is 5.75 Å². The first-order chi connectivity index (χ1) is 14.5. The van der Waals surface area contributed by atoms with Gasteiger partial charge in [-0.25, -0.2) is 0 Å². The zero-order valence-corrected chi connectivity index (χ0v) is 18.7. The minimum atomic E-state index is -0.0329. The molecule has 0 aliphatic carbocycles. The summed E-state index contributed by atoms with van der Waals surface area (Å²) in [6.07, 6.45) is 3.89. The van der Waals surface area contributed by atoms with Crippen molar-refractivity contribution in [2.45, 2.75) is 13.8 Å². The van der Waals surface area contributed by atoms with Crippen LogP contribution in [0.15, 0.2) is 82.9 Å². The lowest BCUT2D eigenvalue weighted by molar-refractivity contribution is -0.113. The van der Waals surface area contributed by atoms with Crippen LogP contribution >= 0.6 is 15.9 Å². The molecule has 0 saturated heterocycles. The molecule has 3 aromatic rings. The number of amides is 1. The lowest BCUT2D eigenvalue weighted by atomic mass is 10.1. The molecule has 1 aliphatic rings. The number of aryl methyl sites for hydroxylation is 2. The molecule has 0 unspecified atom stereocenters. The van der Waals surface area contributed by atoms with E-state index >= 15 is 0 Å². The number of rotatable bonds is 4. The fourth-order valence-corrected chi connectivity index (χ4v) is 4.15. The zero-order chi connectivity index (χ0) is 21.3. The van der Waals surface area contributed by atoms with Gasteiger partial charge in [0.05, 0.1) is 23.0 Å². The Morgan fingerprint density at radius 3 is 2.43 bits per heavy atom. The molecule has 0 saturated carbocycles. The Labute approximate surface area is 185 Å². The predicted octanol–water partition coefficient (Wildman–Crippen LogP) is 6.55. The van der Waals surface area contributed by atoms with E-state index < -0.39 is 0 Å². The van der Waals surface area contributed by atoms with E-state index in [9.17, 15) is 4.79 Å². The fraction of sp³-hybridized carbons (Fsp3) is 0.115. The van der Waals surface area contributed by atoms with Gasteiger partial charge in [-0.15, -0.1) is 0 Å². The van der Waals surface area contributed by atoms with Gasteiger partial charge in [-0.3, -0.25) is 9.69 Å². The molecule has 1 amide bonds. The monoisotopic (exact) mass is 459 g/mol. The topological polar surface area (TPSA) is 29.5 Å². The number of carbonyl (C=O) groups excluding carboxylic acids is 1. The molecule has 0 spiro atoms. The highest BCUT2D eigenvalue weighted by atomic mass is 79.9. The van der Waals surface area contributed by atoms with Gasteiger partial charge < -0.3 is 4.74 Å². The first-order valence-electron chi connectivity index (χ1n) is 9.72. The average molecular weight is 460 g/mol. The normalized spacial score (nSPS) is 14.9. The molecular weight excluding hydrogens is 438 g/mol. The SMILES string of the molecule is COc1ccc(/C=C2/C=C(c3ccccc3)N(c3cc(C)ccc3C)C2=O)cc1Br. The highest BCUT2D eigenvalue weighted by Gasteiger charge is 2.31. The van der Waals surface area contributed by atoms with Crippen LogP contribution in [0.25, 0.3) is 11.8 Å². The highest BCUT2D eigenvalue weighted by Crippen LogP contribution is 2.37. The van der Waals surface area contributed by atoms with Gasteiger partial charge in [0.1, 0.15) is 5.75 Å². The minimum Gasteiger partial charge on any atom is -0.496 e. The Kier molecular flexibility index (Phi) is 5.60. The van der Waals surface area contributed by atoms with E-state index in [1.54, 1.807) is 7.11 Å². The molecule has 30 heavy (non-hydrogen) atoms. The molecule has 0 radical (unpaired) electrons. The predicted molar refractivity (Wildman–Crippen MR) is 126 cm³/mol. The van der Waals surface area contributed by atoms with E-state index in [2.05, 4.69) is 34.1 Å². The number of methoxy groups -OCH3 is 1. The van der Waals surface area contributed by atoms with Crippen molar-refractivity contribution in [2.24, 2.45) is 0 Å². The zero-order valence-electron chi connectivity index (χ0n) is 17.1. The maximum atomic E-state index is 13.5. The molecule has 1 heterocycles. The first kappa shape index (κ1) is 20.2. The van der Waals surface area contributed by atoms with Crippen LogP contribution in [0, 0.1) is 13.8 Å². The van der Waals surface area contributed by atoms with Crippen LogP contribution in [0.4, 0.5) is 5.69 Å². The maximum Gasteiger partial charge on any atom is 0.262 e. The number of hydrogen-bond acceptors (Lipinski definition) is 2. The van der Waals surface area contributed by atoms with Crippen molar-refractivity contribution in [1.29, 1.82) is 0 Å². The van der Waals surface area contributed by atoms with Crippen molar-refractivity contribution in [3.63, 3.8) is 0 Å². The quantitative estimate of drug-likeness (QED) is 0.414. The molecule has 3 aromatic carbocycles. The Bertz CT molecular complexity index is 1180. The van der Waals surface area contributed by atoms with Crippen LogP contribution < -0.4 is 9.64 Å². The summed E-state index contributed by atoms with van der Waals surface area (Å²) < 4.78 is 6.16. The van der Waals surface area contributed by atoms with E-state index in [4.69, 9.17) is 4.74 Å². The summed E-state index contributed by atoms with van der Waals surface area (Å²) >= 11 is 3.52. The fourth-order valence-electron chi connectivity index (χ4n) is 3.59. The standard InChI is InChI=1S/C26H22BrNO2/c1-17-9-10-18(2)23(13-17)28-24(20-7-5-4-6-8-20)16-21(26(28)29)14-19-11-12-25(30-3)22(27)15-19/h4-16H,1-3H3/b21-14-. The molecule has 0 aromatic heterocycles. The number of nitrogens with zero attached hydrogens (tertiary/aromatic N) is 1. The summed E-state index contributed by atoms with van der Waals surface area (Å²) in [5.74, 6) is 0.724. The molecule has 4 heteroatoms. The lowest BCUT2D eigenvalue weighted by Gasteiger charge is -2.23. The molecule has 0 bridgehead atoms. The Hall–Kier alpha value is -3.11. The average Bonchev–Trinajstić information content (AvgIpc) is 3.06. The largest absolute Gasteiger partial charge is 0.496 e. The molecular formula is C26H22BrNO2. The molecule has 0 atom stereocenters. The number of ether oxygens (including phenoxy) is 1. The molecule has 0 fully saturated rings. The number of hydrogen-bond donors (Lipinski definition) is 0. The number of carbonyl (C=O) groups is 1. The van der Waals surface area contributed by atoms with E-state index in [1.807, 2.05) is 79.4 Å². The van der Waals surface area contributed by atoms with Crippen LogP contribution in [-0.2, 0) is 4.79 Å². The van der Waals surface area contributed by atoms with Gasteiger partial charge in [0.25, 0.3) is 5.91 Å². The second-order valence-electron chi connectivity index (χ2n) is 7.32.